The minimum atomic E-state index is -0.0978. The number of hydrogen-bond acceptors (Lipinski definition) is 30. The number of hydrogen-bond donors (Lipinski definition) is 8. The fourth-order valence-electron chi connectivity index (χ4n) is 22.2. The van der Waals surface area contributed by atoms with Crippen LogP contribution in [0.2, 0.25) is 0 Å². The van der Waals surface area contributed by atoms with Gasteiger partial charge in [-0.25, -0.2) is 39.9 Å². The van der Waals surface area contributed by atoms with E-state index in [-0.39, 0.29) is 46.9 Å². The molecule has 38 nitrogen and oxygen atoms in total. The van der Waals surface area contributed by atoms with E-state index in [9.17, 15) is 19.2 Å². The average Bonchev–Trinajstić information content (AvgIpc) is 1.62. The minimum absolute atomic E-state index is 0.0825. The summed E-state index contributed by atoms with van der Waals surface area (Å²) in [6, 6.07) is 36.1. The minimum Gasteiger partial charge on any atom is -0.373 e. The van der Waals surface area contributed by atoms with Gasteiger partial charge in [-0.3, -0.25) is 57.7 Å². The van der Waals surface area contributed by atoms with E-state index in [1.165, 1.54) is 38.8 Å². The Kier molecular flexibility index (Phi) is 24.8. The molecule has 756 valence electrons. The van der Waals surface area contributed by atoms with Crippen LogP contribution in [0.5, 0.6) is 0 Å². The van der Waals surface area contributed by atoms with Crippen molar-refractivity contribution in [3.8, 4) is 45.0 Å². The molecule has 6 saturated heterocycles. The number of fused-ring (bicyclic) bond motifs is 8. The number of nitrogens with one attached hydrogen (secondary N) is 8. The number of anilines is 12. The number of pyridine rings is 8. The van der Waals surface area contributed by atoms with E-state index >= 15 is 0 Å². The maximum atomic E-state index is 12.9. The van der Waals surface area contributed by atoms with Crippen molar-refractivity contribution in [3.63, 3.8) is 0 Å². The summed E-state index contributed by atoms with van der Waals surface area (Å²) in [4.78, 5) is 125. The van der Waals surface area contributed by atoms with Crippen molar-refractivity contribution in [2.45, 2.75) is 114 Å². The Morgan fingerprint density at radius 3 is 1.17 bits per heavy atom. The van der Waals surface area contributed by atoms with Crippen LogP contribution in [0.1, 0.15) is 117 Å². The molecule has 0 aliphatic carbocycles. The van der Waals surface area contributed by atoms with E-state index in [4.69, 9.17) is 29.4 Å². The van der Waals surface area contributed by atoms with Crippen LogP contribution in [0, 0.1) is 0 Å². The maximum Gasteiger partial charge on any atom is 0.254 e. The summed E-state index contributed by atoms with van der Waals surface area (Å²) < 4.78 is 20.2. The molecule has 4 amide bonds. The Labute approximate surface area is 856 Å². The number of likely N-dealkylation sites (tertiary alicyclic amines) is 2. The van der Waals surface area contributed by atoms with Crippen molar-refractivity contribution in [2.24, 2.45) is 14.1 Å². The van der Waals surface area contributed by atoms with E-state index in [1.54, 1.807) is 49.6 Å². The summed E-state index contributed by atoms with van der Waals surface area (Å²) in [6.07, 6.45) is 34.2. The van der Waals surface area contributed by atoms with Gasteiger partial charge in [-0.2, -0.15) is 0 Å². The molecule has 24 heterocycles. The zero-order valence-electron chi connectivity index (χ0n) is 85.1. The molecule has 8 N–H and O–H groups in total. The molecule has 26 rings (SSSR count). The zero-order valence-corrected chi connectivity index (χ0v) is 85.1. The smallest absolute Gasteiger partial charge is 0.254 e. The molecule has 2 aromatic carbocycles. The van der Waals surface area contributed by atoms with E-state index < -0.39 is 0 Å². The van der Waals surface area contributed by atoms with Crippen LogP contribution in [0.25, 0.3) is 78.4 Å². The van der Waals surface area contributed by atoms with Gasteiger partial charge in [0.25, 0.3) is 23.6 Å². The number of imidazole rings is 2. The third-order valence-corrected chi connectivity index (χ3v) is 32.3. The SMILES string of the molecule is CN(C)C(C)(C)[C@@H]1CN(c2ccc(Nc3ccc(-c4cnc5cnccn45)c4c3C(=O)NC4)nc2)CCO1.CN(C)C(C)(C)[C@H]1CN(c2ccc(Nc3ccc(-c4cnc5cnccn45)c4c3C(=O)NC4)nc2)CCO1.CN1CC[C@@]12CCN(c1cccc(Nc3cnc(-c4ccnc5c4ccn5C)c4c3C(=O)NC4)n1)C2.CN1CC[C@]12CCN(c1cccc(Nc3cnc(-c4ccnc5c4ccn5C)c4c3C(=O)NC4)n1)C2. The average molecular weight is 1990 g/mol. The van der Waals surface area contributed by atoms with Gasteiger partial charge >= 0.3 is 0 Å². The largest absolute Gasteiger partial charge is 0.373 e. The van der Waals surface area contributed by atoms with Crippen molar-refractivity contribution >= 4 is 126 Å². The van der Waals surface area contributed by atoms with Crippen LogP contribution in [-0.4, -0.2) is 276 Å². The highest BCUT2D eigenvalue weighted by atomic mass is 16.5. The van der Waals surface area contributed by atoms with Gasteiger partial charge in [0.05, 0.1) is 154 Å². The van der Waals surface area contributed by atoms with Crippen LogP contribution in [0.15, 0.2) is 208 Å². The zero-order chi connectivity index (χ0) is 102. The normalized spacial score (nSPS) is 19.4. The lowest BCUT2D eigenvalue weighted by atomic mass is 9.85. The molecular formula is C110H120N32O6. The third kappa shape index (κ3) is 17.5. The summed E-state index contributed by atoms with van der Waals surface area (Å²) in [6.45, 7) is 21.6. The van der Waals surface area contributed by atoms with Gasteiger partial charge in [0, 0.05) is 222 Å². The molecule has 10 aliphatic rings. The Hall–Kier alpha value is -16.0. The Bertz CT molecular complexity index is 7410. The van der Waals surface area contributed by atoms with Crippen LogP contribution in [-0.2, 0) is 49.7 Å². The molecule has 2 spiro atoms. The quantitative estimate of drug-likeness (QED) is 0.0351. The fraction of sp³-hybridized carbons (Fsp3) is 0.345. The molecular weight excluding hydrogens is 1870 g/mol. The fourth-order valence-corrected chi connectivity index (χ4v) is 22.2. The van der Waals surface area contributed by atoms with Crippen LogP contribution in [0.4, 0.5) is 69.0 Å². The van der Waals surface area contributed by atoms with Gasteiger partial charge in [-0.05, 0) is 192 Å². The first kappa shape index (κ1) is 95.5. The second-order valence-electron chi connectivity index (χ2n) is 41.4. The van der Waals surface area contributed by atoms with Crippen molar-refractivity contribution in [1.29, 1.82) is 0 Å². The van der Waals surface area contributed by atoms with Crippen LogP contribution < -0.4 is 62.1 Å². The third-order valence-electron chi connectivity index (χ3n) is 32.3. The van der Waals surface area contributed by atoms with Gasteiger partial charge in [0.15, 0.2) is 11.3 Å². The van der Waals surface area contributed by atoms with Crippen LogP contribution >= 0.6 is 0 Å². The van der Waals surface area contributed by atoms with Crippen molar-refractivity contribution < 1.29 is 28.7 Å². The molecule has 0 bridgehead atoms. The number of benzene rings is 2. The number of aromatic nitrogens is 16. The molecule has 4 atom stereocenters. The second kappa shape index (κ2) is 38.4. The highest BCUT2D eigenvalue weighted by Crippen LogP contribution is 2.46. The molecule has 38 heteroatoms. The number of carbonyl (C=O) groups is 4. The first-order valence-corrected chi connectivity index (χ1v) is 50.5. The van der Waals surface area contributed by atoms with Crippen molar-refractivity contribution in [1.82, 2.24) is 119 Å². The van der Waals surface area contributed by atoms with E-state index in [0.717, 1.165) is 187 Å². The van der Waals surface area contributed by atoms with Gasteiger partial charge in [-0.15, -0.1) is 0 Å². The van der Waals surface area contributed by atoms with Gasteiger partial charge < -0.3 is 90.5 Å². The predicted octanol–water partition coefficient (Wildman–Crippen LogP) is 13.3. The van der Waals surface area contributed by atoms with E-state index in [1.807, 2.05) is 167 Å². The van der Waals surface area contributed by atoms with Crippen molar-refractivity contribution in [2.75, 3.05) is 162 Å². The lowest BCUT2D eigenvalue weighted by Gasteiger charge is -2.48. The van der Waals surface area contributed by atoms with E-state index in [2.05, 4.69) is 216 Å². The van der Waals surface area contributed by atoms with Crippen LogP contribution in [0.3, 0.4) is 0 Å². The molecule has 148 heavy (non-hydrogen) atoms. The molecule has 0 unspecified atom stereocenters. The van der Waals surface area contributed by atoms with E-state index in [0.29, 0.717) is 107 Å². The van der Waals surface area contributed by atoms with Gasteiger partial charge in [0.1, 0.15) is 46.2 Å². The van der Waals surface area contributed by atoms with Gasteiger partial charge in [-0.1, -0.05) is 24.3 Å². The monoisotopic (exact) mass is 1990 g/mol. The predicted molar refractivity (Wildman–Crippen MR) is 573 cm³/mol. The molecule has 10 aliphatic heterocycles. The molecule has 0 saturated carbocycles. The highest BCUT2D eigenvalue weighted by molar-refractivity contribution is 6.10. The Balaban J connectivity index is 0.000000109. The van der Waals surface area contributed by atoms with Gasteiger partial charge in [0.2, 0.25) is 0 Å². The number of likely N-dealkylation sites (N-methyl/N-ethyl adjacent to an activating group) is 4. The molecule has 14 aromatic heterocycles. The number of ether oxygens (including phenoxy) is 2. The highest BCUT2D eigenvalue weighted by Gasteiger charge is 2.50. The number of nitrogens with zero attached hydrogens (tertiary/aromatic N) is 24. The maximum absolute atomic E-state index is 12.9. The summed E-state index contributed by atoms with van der Waals surface area (Å²) in [5.74, 6) is 4.32. The van der Waals surface area contributed by atoms with Crippen molar-refractivity contribution in [3.05, 3.63) is 253 Å². The number of morpholine rings is 2. The summed E-state index contributed by atoms with van der Waals surface area (Å²) in [5.41, 5.74) is 22.2. The molecule has 0 radical (unpaired) electrons. The number of amides is 4. The molecule has 6 fully saturated rings. The Morgan fingerprint density at radius 1 is 0.378 bits per heavy atom. The standard InChI is InChI=1S/2C28H32N8O2.2C27H28N8O/c2*1-28(2,34(3)4)23-17-35(11-12-38-23)18-5-8-24(30-13-18)33-21-7-6-19(20-14-32-27(37)26(20)21)22-15-31-25-16-29-9-10-36(22)25;2*1-33-11-7-18-17(6-10-28-25(18)33)24-19-14-30-26(36)23(19)20(15-29-24)31-21-4-3-5-22(32-21)35-13-9-27(16-35)8-12-34(27)2/h2*5-10,13,15-16,23H,11-12,14,17H2,1-4H3,(H,30,33)(H,32,37);2*3-7,10-11,15H,8-9,12-14,16H2,1-2H3,(H,30,36)(H,31,32)/t2*23-;2*27-/m1010/s1. The Morgan fingerprint density at radius 2 is 0.784 bits per heavy atom. The summed E-state index contributed by atoms with van der Waals surface area (Å²) in [5, 5.41) is 27.5. The number of carbonyl (C=O) groups excluding carboxylic acids is 4. The topological polar surface area (TPSA) is 382 Å². The number of aryl methyl sites for hydroxylation is 2. The number of rotatable bonds is 20. The second-order valence-corrected chi connectivity index (χ2v) is 41.4. The first-order valence-electron chi connectivity index (χ1n) is 50.5. The summed E-state index contributed by atoms with van der Waals surface area (Å²) >= 11 is 0. The summed E-state index contributed by atoms with van der Waals surface area (Å²) in [7, 11) is 16.7. The molecule has 16 aromatic rings. The lowest BCUT2D eigenvalue weighted by molar-refractivity contribution is -0.0484. The lowest BCUT2D eigenvalue weighted by Crippen LogP contribution is -2.59. The first-order chi connectivity index (χ1) is 71.7.